The zero-order valence-electron chi connectivity index (χ0n) is 10.2. The van der Waals surface area contributed by atoms with Gasteiger partial charge < -0.3 is 10.2 Å². The Kier molecular flexibility index (Phi) is 4.63. The third-order valence-electron chi connectivity index (χ3n) is 2.69. The van der Waals surface area contributed by atoms with E-state index < -0.39 is 0 Å². The van der Waals surface area contributed by atoms with Crippen molar-refractivity contribution in [3.05, 3.63) is 29.8 Å². The summed E-state index contributed by atoms with van der Waals surface area (Å²) in [6.07, 6.45) is 1.17. The van der Waals surface area contributed by atoms with Gasteiger partial charge in [-0.15, -0.1) is 0 Å². The van der Waals surface area contributed by atoms with Gasteiger partial charge in [0.25, 0.3) is 0 Å². The Morgan fingerprint density at radius 1 is 1.33 bits per heavy atom. The van der Waals surface area contributed by atoms with Gasteiger partial charge in [-0.25, -0.2) is 0 Å². The van der Waals surface area contributed by atoms with Gasteiger partial charge in [-0.05, 0) is 31.0 Å². The molecule has 0 aliphatic heterocycles. The smallest absolute Gasteiger partial charge is 0.0364 e. The summed E-state index contributed by atoms with van der Waals surface area (Å²) in [5.74, 6) is 0. The van der Waals surface area contributed by atoms with Gasteiger partial charge in [0, 0.05) is 32.4 Å². The molecule has 0 fully saturated rings. The number of nitrogens with zero attached hydrogens (tertiary/aromatic N) is 1. The Bertz CT molecular complexity index is 294. The Labute approximate surface area is 93.3 Å². The van der Waals surface area contributed by atoms with E-state index >= 15 is 0 Å². The maximum atomic E-state index is 3.50. The standard InChI is InChI=1S/C13H22N2/c1-5-11(2)14-10-12-7-6-8-13(9-12)15(3)4/h6-9,11,14H,5,10H2,1-4H3. The molecule has 1 aromatic rings. The molecule has 84 valence electrons. The van der Waals surface area contributed by atoms with Crippen LogP contribution in [-0.4, -0.2) is 20.1 Å². The molecule has 2 heteroatoms. The first-order valence-corrected chi connectivity index (χ1v) is 5.63. The first-order chi connectivity index (χ1) is 7.13. The highest BCUT2D eigenvalue weighted by Crippen LogP contribution is 2.13. The number of rotatable bonds is 5. The molecule has 1 rings (SSSR count). The van der Waals surface area contributed by atoms with E-state index in [0.29, 0.717) is 6.04 Å². The Balaban J connectivity index is 2.58. The van der Waals surface area contributed by atoms with E-state index in [1.165, 1.54) is 17.7 Å². The van der Waals surface area contributed by atoms with Crippen molar-refractivity contribution < 1.29 is 0 Å². The van der Waals surface area contributed by atoms with Crippen LogP contribution in [0, 0.1) is 0 Å². The Hall–Kier alpha value is -1.02. The number of hydrogen-bond donors (Lipinski definition) is 1. The van der Waals surface area contributed by atoms with E-state index in [0.717, 1.165) is 6.54 Å². The molecule has 0 aromatic heterocycles. The number of anilines is 1. The van der Waals surface area contributed by atoms with Gasteiger partial charge in [-0.2, -0.15) is 0 Å². The van der Waals surface area contributed by atoms with E-state index in [9.17, 15) is 0 Å². The minimum atomic E-state index is 0.591. The second-order valence-electron chi connectivity index (χ2n) is 4.25. The normalized spacial score (nSPS) is 12.5. The lowest BCUT2D eigenvalue weighted by atomic mass is 10.1. The van der Waals surface area contributed by atoms with Crippen LogP contribution in [0.15, 0.2) is 24.3 Å². The molecule has 0 aliphatic carbocycles. The van der Waals surface area contributed by atoms with Gasteiger partial charge in [-0.3, -0.25) is 0 Å². The van der Waals surface area contributed by atoms with Crippen LogP contribution in [0.3, 0.4) is 0 Å². The quantitative estimate of drug-likeness (QED) is 0.796. The van der Waals surface area contributed by atoms with E-state index in [1.807, 2.05) is 0 Å². The van der Waals surface area contributed by atoms with Crippen LogP contribution in [0.5, 0.6) is 0 Å². The molecule has 1 atom stereocenters. The van der Waals surface area contributed by atoms with Crippen LogP contribution in [0.4, 0.5) is 5.69 Å². The summed E-state index contributed by atoms with van der Waals surface area (Å²) < 4.78 is 0. The highest BCUT2D eigenvalue weighted by Gasteiger charge is 2.00. The summed E-state index contributed by atoms with van der Waals surface area (Å²) in [7, 11) is 4.14. The average molecular weight is 206 g/mol. The summed E-state index contributed by atoms with van der Waals surface area (Å²) >= 11 is 0. The van der Waals surface area contributed by atoms with Crippen LogP contribution >= 0.6 is 0 Å². The minimum Gasteiger partial charge on any atom is -0.378 e. The molecule has 0 saturated heterocycles. The van der Waals surface area contributed by atoms with Gasteiger partial charge in [0.2, 0.25) is 0 Å². The van der Waals surface area contributed by atoms with E-state index in [1.54, 1.807) is 0 Å². The topological polar surface area (TPSA) is 15.3 Å². The van der Waals surface area contributed by atoms with Crippen molar-refractivity contribution in [1.29, 1.82) is 0 Å². The van der Waals surface area contributed by atoms with Crippen LogP contribution in [0.1, 0.15) is 25.8 Å². The van der Waals surface area contributed by atoms with Crippen molar-refractivity contribution in [1.82, 2.24) is 5.32 Å². The zero-order valence-corrected chi connectivity index (χ0v) is 10.2. The monoisotopic (exact) mass is 206 g/mol. The first-order valence-electron chi connectivity index (χ1n) is 5.63. The van der Waals surface area contributed by atoms with Crippen molar-refractivity contribution >= 4 is 5.69 Å². The largest absolute Gasteiger partial charge is 0.378 e. The maximum absolute atomic E-state index is 3.50. The molecule has 0 saturated carbocycles. The molecule has 1 unspecified atom stereocenters. The predicted molar refractivity (Wildman–Crippen MR) is 67.4 cm³/mol. The first kappa shape index (κ1) is 12.1. The molecule has 0 bridgehead atoms. The van der Waals surface area contributed by atoms with Gasteiger partial charge in [0.1, 0.15) is 0 Å². The van der Waals surface area contributed by atoms with E-state index in [2.05, 4.69) is 62.4 Å². The van der Waals surface area contributed by atoms with Crippen LogP contribution in [-0.2, 0) is 6.54 Å². The molecule has 1 N–H and O–H groups in total. The fourth-order valence-corrected chi connectivity index (χ4v) is 1.38. The lowest BCUT2D eigenvalue weighted by Crippen LogP contribution is -2.24. The second-order valence-corrected chi connectivity index (χ2v) is 4.25. The minimum absolute atomic E-state index is 0.591. The third kappa shape index (κ3) is 3.92. The van der Waals surface area contributed by atoms with Gasteiger partial charge >= 0.3 is 0 Å². The van der Waals surface area contributed by atoms with Gasteiger partial charge in [0.15, 0.2) is 0 Å². The van der Waals surface area contributed by atoms with Gasteiger partial charge in [0.05, 0.1) is 0 Å². The Morgan fingerprint density at radius 3 is 2.67 bits per heavy atom. The average Bonchev–Trinajstić information content (AvgIpc) is 2.26. The van der Waals surface area contributed by atoms with E-state index in [-0.39, 0.29) is 0 Å². The molecule has 0 radical (unpaired) electrons. The highest BCUT2D eigenvalue weighted by atomic mass is 15.1. The molecular formula is C13H22N2. The fourth-order valence-electron chi connectivity index (χ4n) is 1.38. The molecule has 0 aliphatic rings. The fraction of sp³-hybridized carbons (Fsp3) is 0.538. The predicted octanol–water partition coefficient (Wildman–Crippen LogP) is 2.64. The van der Waals surface area contributed by atoms with Crippen molar-refractivity contribution in [2.75, 3.05) is 19.0 Å². The molecule has 2 nitrogen and oxygen atoms in total. The van der Waals surface area contributed by atoms with E-state index in [4.69, 9.17) is 0 Å². The lowest BCUT2D eigenvalue weighted by molar-refractivity contribution is 0.534. The maximum Gasteiger partial charge on any atom is 0.0364 e. The summed E-state index contributed by atoms with van der Waals surface area (Å²) in [6.45, 7) is 5.38. The highest BCUT2D eigenvalue weighted by molar-refractivity contribution is 5.47. The van der Waals surface area contributed by atoms with Crippen LogP contribution in [0.2, 0.25) is 0 Å². The molecule has 0 amide bonds. The summed E-state index contributed by atoms with van der Waals surface area (Å²) in [6, 6.07) is 9.24. The van der Waals surface area contributed by atoms with Gasteiger partial charge in [-0.1, -0.05) is 19.1 Å². The SMILES string of the molecule is CCC(C)NCc1cccc(N(C)C)c1. The van der Waals surface area contributed by atoms with Crippen LogP contribution in [0.25, 0.3) is 0 Å². The van der Waals surface area contributed by atoms with Crippen molar-refractivity contribution in [3.63, 3.8) is 0 Å². The second kappa shape index (κ2) is 5.76. The van der Waals surface area contributed by atoms with Crippen molar-refractivity contribution in [3.8, 4) is 0 Å². The summed E-state index contributed by atoms with van der Waals surface area (Å²) in [5, 5.41) is 3.50. The number of benzene rings is 1. The van der Waals surface area contributed by atoms with Crippen LogP contribution < -0.4 is 10.2 Å². The molecular weight excluding hydrogens is 184 g/mol. The summed E-state index contributed by atoms with van der Waals surface area (Å²) in [5.41, 5.74) is 2.61. The summed E-state index contributed by atoms with van der Waals surface area (Å²) in [4.78, 5) is 2.13. The number of nitrogens with one attached hydrogen (secondary N) is 1. The van der Waals surface area contributed by atoms with Crippen molar-refractivity contribution in [2.24, 2.45) is 0 Å². The zero-order chi connectivity index (χ0) is 11.3. The number of hydrogen-bond acceptors (Lipinski definition) is 2. The Morgan fingerprint density at radius 2 is 2.07 bits per heavy atom. The molecule has 0 spiro atoms. The molecule has 15 heavy (non-hydrogen) atoms. The molecule has 0 heterocycles. The third-order valence-corrected chi connectivity index (χ3v) is 2.69. The molecule has 1 aromatic carbocycles. The lowest BCUT2D eigenvalue weighted by Gasteiger charge is -2.15. The van der Waals surface area contributed by atoms with Crippen molar-refractivity contribution in [2.45, 2.75) is 32.9 Å².